The molecule has 0 unspecified atom stereocenters. The molecule has 44 heavy (non-hydrogen) atoms. The maximum absolute atomic E-state index is 12.6. The number of methoxy groups -OCH3 is 1. The third kappa shape index (κ3) is 8.42. The number of carbonyl (C=O) groups is 3. The molecule has 13 heteroatoms. The molecular weight excluding hydrogens is 611 g/mol. The van der Waals surface area contributed by atoms with E-state index in [2.05, 4.69) is 21.2 Å². The number of esters is 1. The molecule has 0 aromatic heterocycles. The van der Waals surface area contributed by atoms with Gasteiger partial charge in [0.25, 0.3) is 5.91 Å². The van der Waals surface area contributed by atoms with Crippen molar-refractivity contribution in [1.29, 1.82) is 0 Å². The minimum absolute atomic E-state index is 0.181. The van der Waals surface area contributed by atoms with Crippen LogP contribution < -0.4 is 30.3 Å². The molecule has 0 saturated heterocycles. The van der Waals surface area contributed by atoms with Crippen LogP contribution in [0.1, 0.15) is 36.6 Å². The molecular formula is C31H30Cl2N4O7. The molecule has 1 heterocycles. The Morgan fingerprint density at radius 2 is 1.86 bits per heavy atom. The van der Waals surface area contributed by atoms with Crippen molar-refractivity contribution >= 4 is 47.3 Å². The van der Waals surface area contributed by atoms with Crippen molar-refractivity contribution in [3.05, 3.63) is 98.7 Å². The first kappa shape index (κ1) is 32.2. The highest BCUT2D eigenvalue weighted by Crippen LogP contribution is 2.34. The molecule has 3 aromatic rings. The summed E-state index contributed by atoms with van der Waals surface area (Å²) in [6.07, 6.45) is 1.47. The monoisotopic (exact) mass is 640 g/mol. The average molecular weight is 642 g/mol. The van der Waals surface area contributed by atoms with E-state index in [-0.39, 0.29) is 31.1 Å². The molecule has 1 aliphatic heterocycles. The second-order valence-electron chi connectivity index (χ2n) is 9.38. The zero-order valence-electron chi connectivity index (χ0n) is 24.1. The molecule has 0 fully saturated rings. The van der Waals surface area contributed by atoms with Crippen molar-refractivity contribution in [3.63, 3.8) is 0 Å². The van der Waals surface area contributed by atoms with Gasteiger partial charge in [0.15, 0.2) is 18.1 Å². The van der Waals surface area contributed by atoms with Crippen LogP contribution in [0, 0.1) is 0 Å². The first-order valence-corrected chi connectivity index (χ1v) is 14.2. The number of hydrogen-bond donors (Lipinski definition) is 3. The number of halogens is 2. The van der Waals surface area contributed by atoms with Gasteiger partial charge in [-0.05, 0) is 61.4 Å². The maximum atomic E-state index is 12.6. The fourth-order valence-corrected chi connectivity index (χ4v) is 4.71. The Bertz CT molecular complexity index is 1610. The van der Waals surface area contributed by atoms with Crippen LogP contribution in [0.5, 0.6) is 17.2 Å². The van der Waals surface area contributed by atoms with Crippen LogP contribution in [0.4, 0.5) is 4.79 Å². The lowest BCUT2D eigenvalue weighted by Gasteiger charge is -2.28. The Balaban J connectivity index is 1.34. The number of benzene rings is 3. The van der Waals surface area contributed by atoms with E-state index in [0.29, 0.717) is 38.4 Å². The van der Waals surface area contributed by atoms with Crippen molar-refractivity contribution in [1.82, 2.24) is 16.1 Å². The highest BCUT2D eigenvalue weighted by molar-refractivity contribution is 6.35. The van der Waals surface area contributed by atoms with E-state index in [0.717, 1.165) is 5.56 Å². The second kappa shape index (κ2) is 15.1. The van der Waals surface area contributed by atoms with Gasteiger partial charge in [0, 0.05) is 21.3 Å². The molecule has 0 saturated carbocycles. The van der Waals surface area contributed by atoms with Crippen molar-refractivity contribution in [3.8, 4) is 17.2 Å². The number of allylic oxidation sites excluding steroid dienone is 1. The van der Waals surface area contributed by atoms with E-state index in [1.165, 1.54) is 13.3 Å². The fourth-order valence-electron chi connectivity index (χ4n) is 4.25. The van der Waals surface area contributed by atoms with Crippen LogP contribution in [-0.2, 0) is 20.9 Å². The van der Waals surface area contributed by atoms with E-state index >= 15 is 0 Å². The molecule has 3 N–H and O–H groups in total. The summed E-state index contributed by atoms with van der Waals surface area (Å²) in [6, 6.07) is 16.0. The number of hydrogen-bond acceptors (Lipinski definition) is 8. The van der Waals surface area contributed by atoms with Gasteiger partial charge in [-0.2, -0.15) is 5.10 Å². The molecule has 230 valence electrons. The van der Waals surface area contributed by atoms with Crippen LogP contribution in [0.25, 0.3) is 0 Å². The number of urea groups is 1. The van der Waals surface area contributed by atoms with Gasteiger partial charge in [-0.3, -0.25) is 4.79 Å². The van der Waals surface area contributed by atoms with Gasteiger partial charge in [0.05, 0.1) is 31.5 Å². The zero-order chi connectivity index (χ0) is 31.6. The van der Waals surface area contributed by atoms with Gasteiger partial charge in [-0.1, -0.05) is 47.5 Å². The number of amides is 3. The summed E-state index contributed by atoms with van der Waals surface area (Å²) in [5.41, 5.74) is 5.11. The third-order valence-electron chi connectivity index (χ3n) is 6.31. The number of nitrogens with zero attached hydrogens (tertiary/aromatic N) is 1. The van der Waals surface area contributed by atoms with Gasteiger partial charge < -0.3 is 29.6 Å². The number of carbonyl (C=O) groups excluding carboxylic acids is 3. The van der Waals surface area contributed by atoms with Crippen molar-refractivity contribution < 1.29 is 33.3 Å². The van der Waals surface area contributed by atoms with Crippen LogP contribution >= 0.6 is 23.2 Å². The Morgan fingerprint density at radius 3 is 2.61 bits per heavy atom. The third-order valence-corrected chi connectivity index (χ3v) is 6.90. The first-order chi connectivity index (χ1) is 21.2. The Kier molecular flexibility index (Phi) is 11.1. The molecule has 3 amide bonds. The molecule has 1 aliphatic rings. The number of hydrazone groups is 1. The summed E-state index contributed by atoms with van der Waals surface area (Å²) in [4.78, 5) is 37.1. The standard InChI is InChI=1S/C31H30Cl2N4O7/c1-4-42-30(39)28-18(2)35-31(40)36-29(28)20-9-11-25(26(13-20)41-3)44-17-27(38)37-34-15-19-6-5-7-23(12-19)43-16-21-8-10-22(32)14-24(21)33/h5-15,29H,4,16-17H2,1-3H3,(H,37,38)(H2,35,36,40)/b34-15+/t29-/m0/s1. The number of nitrogens with one attached hydrogen (secondary N) is 3. The minimum atomic E-state index is -0.775. The molecule has 3 aromatic carbocycles. The lowest BCUT2D eigenvalue weighted by molar-refractivity contribution is -0.139. The van der Waals surface area contributed by atoms with Crippen LogP contribution in [0.3, 0.4) is 0 Å². The quantitative estimate of drug-likeness (QED) is 0.139. The fraction of sp³-hybridized carbons (Fsp3) is 0.226. The molecule has 0 bridgehead atoms. The van der Waals surface area contributed by atoms with Crippen molar-refractivity contribution in [2.24, 2.45) is 5.10 Å². The lowest BCUT2D eigenvalue weighted by Crippen LogP contribution is -2.45. The predicted molar refractivity (Wildman–Crippen MR) is 165 cm³/mol. The van der Waals surface area contributed by atoms with Crippen molar-refractivity contribution in [2.45, 2.75) is 26.5 Å². The Labute approximate surface area is 264 Å². The lowest BCUT2D eigenvalue weighted by atomic mass is 9.95. The topological polar surface area (TPSA) is 137 Å². The molecule has 4 rings (SSSR count). The summed E-state index contributed by atoms with van der Waals surface area (Å²) in [5, 5.41) is 10.4. The number of ether oxygens (including phenoxy) is 4. The smallest absolute Gasteiger partial charge is 0.338 e. The summed E-state index contributed by atoms with van der Waals surface area (Å²) in [5.74, 6) is 0.102. The highest BCUT2D eigenvalue weighted by atomic mass is 35.5. The van der Waals surface area contributed by atoms with Crippen LogP contribution in [-0.4, -0.2) is 44.4 Å². The summed E-state index contributed by atoms with van der Waals surface area (Å²) >= 11 is 12.1. The molecule has 0 radical (unpaired) electrons. The van der Waals surface area contributed by atoms with Gasteiger partial charge in [-0.15, -0.1) is 0 Å². The van der Waals surface area contributed by atoms with E-state index in [1.54, 1.807) is 74.5 Å². The van der Waals surface area contributed by atoms with Crippen molar-refractivity contribution in [2.75, 3.05) is 20.3 Å². The summed E-state index contributed by atoms with van der Waals surface area (Å²) < 4.78 is 22.1. The molecule has 0 aliphatic carbocycles. The van der Waals surface area contributed by atoms with Gasteiger partial charge in [0.2, 0.25) is 0 Å². The summed E-state index contributed by atoms with van der Waals surface area (Å²) in [6.45, 7) is 3.40. The summed E-state index contributed by atoms with van der Waals surface area (Å²) in [7, 11) is 1.44. The van der Waals surface area contributed by atoms with Gasteiger partial charge in [0.1, 0.15) is 12.4 Å². The van der Waals surface area contributed by atoms with Gasteiger partial charge >= 0.3 is 12.0 Å². The van der Waals surface area contributed by atoms with E-state index < -0.39 is 23.9 Å². The average Bonchev–Trinajstić information content (AvgIpc) is 2.99. The maximum Gasteiger partial charge on any atom is 0.338 e. The van der Waals surface area contributed by atoms with E-state index in [1.807, 2.05) is 0 Å². The Morgan fingerprint density at radius 1 is 1.05 bits per heavy atom. The SMILES string of the molecule is CCOC(=O)C1=C(C)NC(=O)N[C@H]1c1ccc(OCC(=O)N/N=C/c2cccc(OCc3ccc(Cl)cc3Cl)c2)c(OC)c1. The van der Waals surface area contributed by atoms with E-state index in [4.69, 9.17) is 42.1 Å². The number of rotatable bonds is 12. The predicted octanol–water partition coefficient (Wildman–Crippen LogP) is 5.30. The molecule has 11 nitrogen and oxygen atoms in total. The van der Waals surface area contributed by atoms with Crippen LogP contribution in [0.15, 0.2) is 77.0 Å². The largest absolute Gasteiger partial charge is 0.493 e. The van der Waals surface area contributed by atoms with Gasteiger partial charge in [-0.25, -0.2) is 15.0 Å². The Hall–Kier alpha value is -4.74. The van der Waals surface area contributed by atoms with E-state index in [9.17, 15) is 14.4 Å². The molecule has 1 atom stereocenters. The molecule has 0 spiro atoms. The zero-order valence-corrected chi connectivity index (χ0v) is 25.6. The second-order valence-corrected chi connectivity index (χ2v) is 10.2. The normalized spacial score (nSPS) is 14.5. The minimum Gasteiger partial charge on any atom is -0.493 e. The highest BCUT2D eigenvalue weighted by Gasteiger charge is 2.32. The first-order valence-electron chi connectivity index (χ1n) is 13.4. The van der Waals surface area contributed by atoms with Crippen LogP contribution in [0.2, 0.25) is 10.0 Å².